The van der Waals surface area contributed by atoms with Gasteiger partial charge in [-0.25, -0.2) is 9.15 Å². The van der Waals surface area contributed by atoms with Gasteiger partial charge in [-0.1, -0.05) is 30.3 Å². The van der Waals surface area contributed by atoms with Gasteiger partial charge in [-0.15, -0.1) is 0 Å². The van der Waals surface area contributed by atoms with Crippen LogP contribution in [0.4, 0.5) is 45.9 Å². The molecule has 0 fully saturated rings. The highest BCUT2D eigenvalue weighted by molar-refractivity contribution is 7.81. The Balaban J connectivity index is 0.00000114. The van der Waals surface area contributed by atoms with Crippen molar-refractivity contribution in [3.05, 3.63) is 41.0 Å². The third kappa shape index (κ3) is 13.5. The number of nitrogens with zero attached hydrogens (tertiary/aromatic N) is 4. The third-order valence-corrected chi connectivity index (χ3v) is 10.7. The van der Waals surface area contributed by atoms with E-state index in [-0.39, 0.29) is 0 Å². The standard InChI is InChI=1S/C36H61N4P.2BF4/c1-22(2)37(23(3)4)31-32(38(24(5)6)25(7)8)35(31)41(30-20-18-17-19-21-30)36-33(39(26(9)10)27(11)12)34(36)40(28(13)14)29(15)16;2*2-1(3,4)5/h17-29H,1-16H3;;/q+2;2*-1. The van der Waals surface area contributed by atoms with Crippen molar-refractivity contribution in [2.75, 3.05) is 9.80 Å². The van der Waals surface area contributed by atoms with Crippen LogP contribution in [-0.2, 0) is 0 Å². The quantitative estimate of drug-likeness (QED) is 0.0756. The van der Waals surface area contributed by atoms with E-state index in [1.165, 1.54) is 27.4 Å². The van der Waals surface area contributed by atoms with Crippen LogP contribution in [0.15, 0.2) is 30.3 Å². The molecule has 0 N–H and O–H groups in total. The van der Waals surface area contributed by atoms with Crippen LogP contribution in [0.3, 0.4) is 0 Å². The van der Waals surface area contributed by atoms with Crippen molar-refractivity contribution >= 4 is 49.7 Å². The molecule has 0 aromatic heterocycles. The molecular formula is C36H61B2F8N4P. The molecule has 3 aromatic rings. The first-order valence-corrected chi connectivity index (χ1v) is 19.4. The number of halogens is 8. The number of rotatable bonds is 13. The fourth-order valence-electron chi connectivity index (χ4n) is 7.12. The third-order valence-electron chi connectivity index (χ3n) is 8.17. The molecule has 292 valence electrons. The van der Waals surface area contributed by atoms with Crippen molar-refractivity contribution in [1.29, 1.82) is 0 Å². The smallest absolute Gasteiger partial charge is 0.418 e. The zero-order chi connectivity index (χ0) is 40.1. The monoisotopic (exact) mass is 754 g/mol. The molecule has 3 rings (SSSR count). The first-order chi connectivity index (χ1) is 23.1. The Bertz CT molecular complexity index is 1400. The Hall–Kier alpha value is -2.36. The zero-order valence-electron chi connectivity index (χ0n) is 33.4. The minimum absolute atomic E-state index is 0.438. The molecule has 0 aliphatic carbocycles. The van der Waals surface area contributed by atoms with Crippen molar-refractivity contribution in [2.24, 2.45) is 0 Å². The molecule has 0 aliphatic heterocycles. The summed E-state index contributed by atoms with van der Waals surface area (Å²) in [4.78, 5) is 5.38. The Morgan fingerprint density at radius 2 is 0.686 bits per heavy atom. The van der Waals surface area contributed by atoms with Crippen molar-refractivity contribution in [3.8, 4) is 0 Å². The summed E-state index contributed by atoms with van der Waals surface area (Å²) in [7, 11) is -12.7. The normalized spacial score (nSPS) is 12.7. The van der Waals surface area contributed by atoms with E-state index < -0.39 is 22.4 Å². The number of hydrogen-bond donors (Lipinski definition) is 0. The second-order valence-electron chi connectivity index (χ2n) is 15.1. The summed E-state index contributed by atoms with van der Waals surface area (Å²) in [6.07, 6.45) is 0. The van der Waals surface area contributed by atoms with Crippen LogP contribution in [0, 0.1) is 0 Å². The first kappa shape index (κ1) is 46.7. The molecule has 0 atom stereocenters. The van der Waals surface area contributed by atoms with E-state index in [0.29, 0.717) is 48.3 Å². The second-order valence-corrected chi connectivity index (χ2v) is 17.2. The lowest BCUT2D eigenvalue weighted by Crippen LogP contribution is -2.42. The molecule has 51 heavy (non-hydrogen) atoms. The van der Waals surface area contributed by atoms with Gasteiger partial charge < -0.3 is 44.3 Å². The maximum Gasteiger partial charge on any atom is 0.673 e. The average Bonchev–Trinajstić information content (AvgIpc) is 3.78. The van der Waals surface area contributed by atoms with E-state index in [1.807, 2.05) is 0 Å². The molecule has 0 amide bonds. The van der Waals surface area contributed by atoms with Gasteiger partial charge in [0.15, 0.2) is 0 Å². The summed E-state index contributed by atoms with van der Waals surface area (Å²) in [5, 5.41) is 7.67. The molecule has 0 spiro atoms. The minimum Gasteiger partial charge on any atom is -0.418 e. The molecule has 0 radical (unpaired) electrons. The molecule has 0 heterocycles. The van der Waals surface area contributed by atoms with Gasteiger partial charge in [-0.05, 0) is 116 Å². The summed E-state index contributed by atoms with van der Waals surface area (Å²) in [6, 6.07) is 14.9. The predicted octanol–water partition coefficient (Wildman–Crippen LogP) is 8.22. The van der Waals surface area contributed by atoms with Gasteiger partial charge in [-0.3, -0.25) is 0 Å². The van der Waals surface area contributed by atoms with Crippen molar-refractivity contribution < 1.29 is 34.5 Å². The Morgan fingerprint density at radius 1 is 0.451 bits per heavy atom. The van der Waals surface area contributed by atoms with Gasteiger partial charge in [0.2, 0.25) is 10.7 Å². The van der Waals surface area contributed by atoms with Gasteiger partial charge >= 0.3 is 14.5 Å². The van der Waals surface area contributed by atoms with E-state index >= 15 is 0 Å². The van der Waals surface area contributed by atoms with Crippen LogP contribution in [0.5, 0.6) is 0 Å². The lowest BCUT2D eigenvalue weighted by Gasteiger charge is -2.30. The summed E-state index contributed by atoms with van der Waals surface area (Å²) >= 11 is 0. The highest BCUT2D eigenvalue weighted by Crippen LogP contribution is 2.44. The molecule has 0 saturated heterocycles. The molecule has 0 saturated carbocycles. The van der Waals surface area contributed by atoms with Crippen LogP contribution in [0.2, 0.25) is 0 Å². The summed E-state index contributed by atoms with van der Waals surface area (Å²) < 4.78 is 83.4. The van der Waals surface area contributed by atoms with E-state index in [0.717, 1.165) is 0 Å². The van der Waals surface area contributed by atoms with Crippen LogP contribution in [-0.4, -0.2) is 62.8 Å². The van der Waals surface area contributed by atoms with Crippen LogP contribution in [0.1, 0.15) is 111 Å². The number of hydrogen-bond acceptors (Lipinski definition) is 2. The summed E-state index contributed by atoms with van der Waals surface area (Å²) in [5.41, 5.74) is 3.01. The molecule has 0 aliphatic rings. The summed E-state index contributed by atoms with van der Waals surface area (Å²) in [5.74, 6) is 0. The van der Waals surface area contributed by atoms with Gasteiger partial charge in [0, 0.05) is 32.1 Å². The highest BCUT2D eigenvalue weighted by Gasteiger charge is 2.49. The predicted molar refractivity (Wildman–Crippen MR) is 207 cm³/mol. The fourth-order valence-corrected chi connectivity index (χ4v) is 9.95. The van der Waals surface area contributed by atoms with E-state index in [1.54, 1.807) is 10.6 Å². The Kier molecular flexibility index (Phi) is 17.0. The molecule has 4 nitrogen and oxygen atoms in total. The maximum absolute atomic E-state index is 9.75. The van der Waals surface area contributed by atoms with Crippen LogP contribution in [0.25, 0.3) is 0 Å². The molecule has 3 aromatic carbocycles. The molecular weight excluding hydrogens is 693 g/mol. The molecule has 15 heteroatoms. The second kappa shape index (κ2) is 18.6. The fraction of sp³-hybridized carbons (Fsp3) is 0.667. The van der Waals surface area contributed by atoms with E-state index in [4.69, 9.17) is 0 Å². The van der Waals surface area contributed by atoms with Gasteiger partial charge in [-0.2, -0.15) is 0 Å². The van der Waals surface area contributed by atoms with Crippen LogP contribution < -0.4 is 45.6 Å². The minimum atomic E-state index is -6.00. The lowest BCUT2D eigenvalue weighted by molar-refractivity contribution is 0.366. The zero-order valence-corrected chi connectivity index (χ0v) is 34.3. The molecule has 0 bridgehead atoms. The van der Waals surface area contributed by atoms with E-state index in [2.05, 4.69) is 160 Å². The van der Waals surface area contributed by atoms with Crippen LogP contribution >= 0.6 is 7.92 Å². The lowest BCUT2D eigenvalue weighted by atomic mass is 10.2. The number of anilines is 2. The Morgan fingerprint density at radius 3 is 0.882 bits per heavy atom. The summed E-state index contributed by atoms with van der Waals surface area (Å²) in [6.45, 7) is 37.8. The topological polar surface area (TPSA) is 12.5 Å². The first-order valence-electron chi connectivity index (χ1n) is 18.0. The number of benzene rings is 1. The van der Waals surface area contributed by atoms with Crippen molar-refractivity contribution in [3.63, 3.8) is 0 Å². The maximum atomic E-state index is 9.75. The average molecular weight is 754 g/mol. The largest absolute Gasteiger partial charge is 0.673 e. The van der Waals surface area contributed by atoms with Crippen molar-refractivity contribution in [2.45, 2.75) is 159 Å². The van der Waals surface area contributed by atoms with Gasteiger partial charge in [0.25, 0.3) is 0 Å². The highest BCUT2D eigenvalue weighted by atomic mass is 31.1. The SMILES string of the molecule is CC(C)N(c1c(P(c2ccccc2)c2c(N(C(C)C)C(C)C)c2=[N+](C(C)C)C(C)C)c1=[N+](C(C)C)C(C)C)C(C)C.F[B-](F)(F)F.F[B-](F)(F)F. The van der Waals surface area contributed by atoms with E-state index in [9.17, 15) is 34.5 Å². The van der Waals surface area contributed by atoms with Crippen molar-refractivity contribution in [1.82, 2.24) is 9.15 Å². The van der Waals surface area contributed by atoms with Gasteiger partial charge in [0.05, 0.1) is 10.6 Å². The van der Waals surface area contributed by atoms with Gasteiger partial charge in [0.1, 0.15) is 35.5 Å². The Labute approximate surface area is 303 Å². The molecule has 0 unspecified atom stereocenters.